The third kappa shape index (κ3) is 1.90. The van der Waals surface area contributed by atoms with Crippen molar-refractivity contribution in [3.63, 3.8) is 0 Å². The predicted octanol–water partition coefficient (Wildman–Crippen LogP) is 1.54. The van der Waals surface area contributed by atoms with E-state index in [9.17, 15) is 0 Å². The summed E-state index contributed by atoms with van der Waals surface area (Å²) < 4.78 is 5.05. The van der Waals surface area contributed by atoms with E-state index in [1.165, 1.54) is 17.9 Å². The molecule has 1 aliphatic rings. The summed E-state index contributed by atoms with van der Waals surface area (Å²) in [5.41, 5.74) is 4.04. The topological polar surface area (TPSA) is 51.2 Å². The Labute approximate surface area is 82.0 Å². The fraction of sp³-hybridized carbons (Fsp3) is 0.556. The van der Waals surface area contributed by atoms with Gasteiger partial charge in [0.15, 0.2) is 0 Å². The van der Waals surface area contributed by atoms with Crippen LogP contribution in [0.2, 0.25) is 0 Å². The van der Waals surface area contributed by atoms with Gasteiger partial charge in [0.1, 0.15) is 0 Å². The SMILES string of the molecule is NNC(c1ccoc1)C1CCSC1. The molecule has 0 radical (unpaired) electrons. The van der Waals surface area contributed by atoms with Gasteiger partial charge in [0.2, 0.25) is 0 Å². The standard InChI is InChI=1S/C9H14N2OS/c10-11-9(7-1-3-12-5-7)8-2-4-13-6-8/h1,3,5,8-9,11H,2,4,6,10H2. The van der Waals surface area contributed by atoms with Crippen molar-refractivity contribution < 1.29 is 4.42 Å². The monoisotopic (exact) mass is 198 g/mol. The molecule has 0 spiro atoms. The van der Waals surface area contributed by atoms with Gasteiger partial charge in [-0.1, -0.05) is 0 Å². The Morgan fingerprint density at radius 1 is 1.69 bits per heavy atom. The summed E-state index contributed by atoms with van der Waals surface area (Å²) in [4.78, 5) is 0. The van der Waals surface area contributed by atoms with Crippen LogP contribution in [0, 0.1) is 5.92 Å². The Balaban J connectivity index is 2.08. The van der Waals surface area contributed by atoms with Gasteiger partial charge in [-0.05, 0) is 29.9 Å². The first-order valence-electron chi connectivity index (χ1n) is 4.48. The second-order valence-corrected chi connectivity index (χ2v) is 4.47. The minimum atomic E-state index is 0.258. The number of rotatable bonds is 3. The van der Waals surface area contributed by atoms with Gasteiger partial charge >= 0.3 is 0 Å². The Bertz CT molecular complexity index is 244. The van der Waals surface area contributed by atoms with Gasteiger partial charge in [0.05, 0.1) is 18.6 Å². The highest BCUT2D eigenvalue weighted by molar-refractivity contribution is 7.99. The molecule has 1 aromatic rings. The summed E-state index contributed by atoms with van der Waals surface area (Å²) >= 11 is 2.00. The number of nitrogens with two attached hydrogens (primary N) is 1. The second kappa shape index (κ2) is 4.17. The Morgan fingerprint density at radius 3 is 3.15 bits per heavy atom. The van der Waals surface area contributed by atoms with E-state index in [-0.39, 0.29) is 6.04 Å². The van der Waals surface area contributed by atoms with E-state index in [0.717, 1.165) is 5.56 Å². The van der Waals surface area contributed by atoms with Crippen LogP contribution in [-0.4, -0.2) is 11.5 Å². The second-order valence-electron chi connectivity index (χ2n) is 3.32. The summed E-state index contributed by atoms with van der Waals surface area (Å²) in [7, 11) is 0. The minimum absolute atomic E-state index is 0.258. The molecule has 13 heavy (non-hydrogen) atoms. The van der Waals surface area contributed by atoms with Crippen molar-refractivity contribution in [3.05, 3.63) is 24.2 Å². The molecule has 3 N–H and O–H groups in total. The molecule has 1 aliphatic heterocycles. The maximum atomic E-state index is 5.54. The van der Waals surface area contributed by atoms with Crippen LogP contribution in [-0.2, 0) is 0 Å². The average molecular weight is 198 g/mol. The maximum Gasteiger partial charge on any atom is 0.0950 e. The van der Waals surface area contributed by atoms with Crippen molar-refractivity contribution in [2.45, 2.75) is 12.5 Å². The first-order chi connectivity index (χ1) is 6.42. The van der Waals surface area contributed by atoms with Gasteiger partial charge in [-0.15, -0.1) is 0 Å². The van der Waals surface area contributed by atoms with Crippen LogP contribution in [0.1, 0.15) is 18.0 Å². The van der Waals surface area contributed by atoms with Crippen molar-refractivity contribution in [2.24, 2.45) is 11.8 Å². The van der Waals surface area contributed by atoms with Crippen LogP contribution in [0.25, 0.3) is 0 Å². The molecule has 4 heteroatoms. The lowest BCUT2D eigenvalue weighted by atomic mass is 9.95. The molecule has 0 amide bonds. The summed E-state index contributed by atoms with van der Waals surface area (Å²) in [6.45, 7) is 0. The van der Waals surface area contributed by atoms with Gasteiger partial charge in [-0.25, -0.2) is 0 Å². The summed E-state index contributed by atoms with van der Waals surface area (Å²) in [5, 5.41) is 0. The molecule has 2 unspecified atom stereocenters. The smallest absolute Gasteiger partial charge is 0.0950 e. The van der Waals surface area contributed by atoms with E-state index in [1.807, 2.05) is 17.8 Å². The molecule has 2 atom stereocenters. The quantitative estimate of drug-likeness (QED) is 0.571. The summed E-state index contributed by atoms with van der Waals surface area (Å²) in [6, 6.07) is 2.24. The lowest BCUT2D eigenvalue weighted by Crippen LogP contribution is -2.33. The molecular weight excluding hydrogens is 184 g/mol. The molecule has 0 aromatic carbocycles. The summed E-state index contributed by atoms with van der Waals surface area (Å²) in [6.07, 6.45) is 4.71. The summed E-state index contributed by atoms with van der Waals surface area (Å²) in [5.74, 6) is 8.63. The highest BCUT2D eigenvalue weighted by Gasteiger charge is 2.26. The van der Waals surface area contributed by atoms with Crippen LogP contribution >= 0.6 is 11.8 Å². The van der Waals surface area contributed by atoms with Gasteiger partial charge in [-0.2, -0.15) is 11.8 Å². The Kier molecular flexibility index (Phi) is 2.93. The minimum Gasteiger partial charge on any atom is -0.472 e. The van der Waals surface area contributed by atoms with E-state index in [4.69, 9.17) is 10.3 Å². The van der Waals surface area contributed by atoms with Gasteiger partial charge in [-0.3, -0.25) is 11.3 Å². The van der Waals surface area contributed by atoms with Gasteiger partial charge in [0.25, 0.3) is 0 Å². The number of hydrazine groups is 1. The van der Waals surface area contributed by atoms with Crippen LogP contribution in [0.4, 0.5) is 0 Å². The third-order valence-electron chi connectivity index (χ3n) is 2.52. The van der Waals surface area contributed by atoms with E-state index in [2.05, 4.69) is 5.43 Å². The lowest BCUT2D eigenvalue weighted by molar-refractivity contribution is 0.397. The van der Waals surface area contributed by atoms with Crippen molar-refractivity contribution in [1.29, 1.82) is 0 Å². The fourth-order valence-corrected chi connectivity index (χ4v) is 3.07. The highest BCUT2D eigenvalue weighted by Crippen LogP contribution is 2.33. The zero-order valence-corrected chi connectivity index (χ0v) is 8.22. The Morgan fingerprint density at radius 2 is 2.62 bits per heavy atom. The van der Waals surface area contributed by atoms with Gasteiger partial charge in [0, 0.05) is 5.56 Å². The number of hydrogen-bond donors (Lipinski definition) is 2. The molecule has 1 aromatic heterocycles. The molecule has 3 nitrogen and oxygen atoms in total. The zero-order valence-electron chi connectivity index (χ0n) is 7.40. The first-order valence-corrected chi connectivity index (χ1v) is 5.63. The number of furan rings is 1. The molecule has 2 rings (SSSR count). The largest absolute Gasteiger partial charge is 0.472 e. The van der Waals surface area contributed by atoms with Crippen LogP contribution in [0.3, 0.4) is 0 Å². The zero-order chi connectivity index (χ0) is 9.10. The van der Waals surface area contributed by atoms with Crippen LogP contribution < -0.4 is 11.3 Å². The van der Waals surface area contributed by atoms with Crippen LogP contribution in [0.5, 0.6) is 0 Å². The highest BCUT2D eigenvalue weighted by atomic mass is 32.2. The van der Waals surface area contributed by atoms with E-state index in [0.29, 0.717) is 5.92 Å². The number of nitrogens with one attached hydrogen (secondary N) is 1. The molecule has 0 bridgehead atoms. The molecule has 2 heterocycles. The van der Waals surface area contributed by atoms with E-state index >= 15 is 0 Å². The molecule has 1 fully saturated rings. The third-order valence-corrected chi connectivity index (χ3v) is 3.71. The molecule has 72 valence electrons. The maximum absolute atomic E-state index is 5.54. The lowest BCUT2D eigenvalue weighted by Gasteiger charge is -2.20. The van der Waals surface area contributed by atoms with E-state index < -0.39 is 0 Å². The Hall–Kier alpha value is -0.450. The molecule has 0 aliphatic carbocycles. The number of hydrogen-bond acceptors (Lipinski definition) is 4. The molecule has 1 saturated heterocycles. The fourth-order valence-electron chi connectivity index (χ4n) is 1.77. The predicted molar refractivity (Wildman–Crippen MR) is 54.2 cm³/mol. The first kappa shape index (κ1) is 9.12. The molecule has 0 saturated carbocycles. The van der Waals surface area contributed by atoms with E-state index in [1.54, 1.807) is 12.5 Å². The van der Waals surface area contributed by atoms with Crippen molar-refractivity contribution in [1.82, 2.24) is 5.43 Å². The molecular formula is C9H14N2OS. The normalized spacial score (nSPS) is 24.8. The van der Waals surface area contributed by atoms with Crippen LogP contribution in [0.15, 0.2) is 23.0 Å². The average Bonchev–Trinajstić information content (AvgIpc) is 2.76. The van der Waals surface area contributed by atoms with Crippen molar-refractivity contribution in [2.75, 3.05) is 11.5 Å². The van der Waals surface area contributed by atoms with Crippen molar-refractivity contribution >= 4 is 11.8 Å². The number of thioether (sulfide) groups is 1. The van der Waals surface area contributed by atoms with Crippen molar-refractivity contribution in [3.8, 4) is 0 Å². The van der Waals surface area contributed by atoms with Gasteiger partial charge < -0.3 is 4.42 Å².